The fourth-order valence-electron chi connectivity index (χ4n) is 3.42. The Morgan fingerprint density at radius 1 is 1.03 bits per heavy atom. The lowest BCUT2D eigenvalue weighted by Gasteiger charge is -2.13. The molecule has 7 heteroatoms. The lowest BCUT2D eigenvalue weighted by molar-refractivity contribution is 0.0943. The van der Waals surface area contributed by atoms with Crippen LogP contribution in [-0.4, -0.2) is 25.9 Å². The van der Waals surface area contributed by atoms with Gasteiger partial charge < -0.3 is 5.32 Å². The Morgan fingerprint density at radius 3 is 2.48 bits per heavy atom. The molecule has 0 fully saturated rings. The second-order valence-electron chi connectivity index (χ2n) is 7.74. The number of carbonyl (C=O) groups is 1. The molecular formula is C24H25N5OS. The Balaban J connectivity index is 1.60. The predicted molar refractivity (Wildman–Crippen MR) is 124 cm³/mol. The molecule has 0 radical (unpaired) electrons. The van der Waals surface area contributed by atoms with E-state index in [4.69, 9.17) is 0 Å². The molecule has 0 aliphatic carbocycles. The highest BCUT2D eigenvalue weighted by Crippen LogP contribution is 2.30. The van der Waals surface area contributed by atoms with Crippen LogP contribution < -0.4 is 5.32 Å². The monoisotopic (exact) mass is 431 g/mol. The van der Waals surface area contributed by atoms with Gasteiger partial charge in [0.05, 0.1) is 23.1 Å². The SMILES string of the molecule is Cc1ccc(-n2nnc(-c3nc(C)c(C(=O)N[C@@H](C)c4ccccc4)s3)c2C)cc1C. The zero-order valence-electron chi connectivity index (χ0n) is 18.3. The third-order valence-electron chi connectivity index (χ3n) is 5.48. The van der Waals surface area contributed by atoms with Gasteiger partial charge in [-0.15, -0.1) is 16.4 Å². The fraction of sp³-hybridized carbons (Fsp3) is 0.250. The van der Waals surface area contributed by atoms with E-state index in [0.29, 0.717) is 21.3 Å². The number of thiazole rings is 1. The van der Waals surface area contributed by atoms with Crippen LogP contribution in [0, 0.1) is 27.7 Å². The third-order valence-corrected chi connectivity index (χ3v) is 6.65. The fourth-order valence-corrected chi connectivity index (χ4v) is 4.43. The van der Waals surface area contributed by atoms with Crippen LogP contribution in [0.2, 0.25) is 0 Å². The van der Waals surface area contributed by atoms with Gasteiger partial charge in [-0.05, 0) is 63.4 Å². The van der Waals surface area contributed by atoms with Crippen molar-refractivity contribution in [3.63, 3.8) is 0 Å². The van der Waals surface area contributed by atoms with E-state index in [-0.39, 0.29) is 11.9 Å². The number of amides is 1. The van der Waals surface area contributed by atoms with Crippen LogP contribution in [0.1, 0.15) is 50.7 Å². The van der Waals surface area contributed by atoms with Gasteiger partial charge in [0.2, 0.25) is 0 Å². The summed E-state index contributed by atoms with van der Waals surface area (Å²) >= 11 is 1.35. The Bertz CT molecular complexity index is 1240. The van der Waals surface area contributed by atoms with Crippen molar-refractivity contribution in [2.75, 3.05) is 0 Å². The lowest BCUT2D eigenvalue weighted by atomic mass is 10.1. The summed E-state index contributed by atoms with van der Waals surface area (Å²) in [7, 11) is 0. The molecule has 0 saturated carbocycles. The van der Waals surface area contributed by atoms with Crippen LogP contribution in [0.5, 0.6) is 0 Å². The van der Waals surface area contributed by atoms with Crippen LogP contribution in [-0.2, 0) is 0 Å². The summed E-state index contributed by atoms with van der Waals surface area (Å²) in [6.07, 6.45) is 0. The number of hydrogen-bond donors (Lipinski definition) is 1. The molecule has 1 amide bonds. The average Bonchev–Trinajstić information content (AvgIpc) is 3.33. The Labute approximate surface area is 186 Å². The lowest BCUT2D eigenvalue weighted by Crippen LogP contribution is -2.26. The zero-order chi connectivity index (χ0) is 22.1. The number of carbonyl (C=O) groups excluding carboxylic acids is 1. The molecule has 1 atom stereocenters. The normalized spacial score (nSPS) is 12.0. The first-order valence-corrected chi connectivity index (χ1v) is 11.0. The first-order valence-electron chi connectivity index (χ1n) is 10.2. The van der Waals surface area contributed by atoms with Crippen molar-refractivity contribution in [3.8, 4) is 16.4 Å². The standard InChI is InChI=1S/C24H25N5OS/c1-14-11-12-20(13-15(14)2)29-18(5)21(27-28-29)24-26-17(4)22(31-24)23(30)25-16(3)19-9-7-6-8-10-19/h6-13,16H,1-5H3,(H,25,30)/t16-/m0/s1. The molecular weight excluding hydrogens is 406 g/mol. The van der Waals surface area contributed by atoms with Crippen LogP contribution in [0.4, 0.5) is 0 Å². The van der Waals surface area contributed by atoms with Crippen LogP contribution in [0.25, 0.3) is 16.4 Å². The predicted octanol–water partition coefficient (Wildman–Crippen LogP) is 5.12. The van der Waals surface area contributed by atoms with E-state index >= 15 is 0 Å². The van der Waals surface area contributed by atoms with Crippen molar-refractivity contribution in [1.82, 2.24) is 25.3 Å². The Kier molecular flexibility index (Phi) is 5.69. The molecule has 0 bridgehead atoms. The summed E-state index contributed by atoms with van der Waals surface area (Å²) < 4.78 is 1.82. The minimum absolute atomic E-state index is 0.0916. The second kappa shape index (κ2) is 8.43. The number of aromatic nitrogens is 4. The summed E-state index contributed by atoms with van der Waals surface area (Å²) in [6, 6.07) is 16.0. The highest BCUT2D eigenvalue weighted by atomic mass is 32.1. The van der Waals surface area contributed by atoms with Gasteiger partial charge in [0, 0.05) is 0 Å². The van der Waals surface area contributed by atoms with Gasteiger partial charge >= 0.3 is 0 Å². The van der Waals surface area contributed by atoms with Crippen LogP contribution in [0.15, 0.2) is 48.5 Å². The van der Waals surface area contributed by atoms with Gasteiger partial charge in [0.15, 0.2) is 0 Å². The molecule has 2 aromatic carbocycles. The number of rotatable bonds is 5. The molecule has 0 aliphatic rings. The molecule has 31 heavy (non-hydrogen) atoms. The minimum atomic E-state index is -0.128. The van der Waals surface area contributed by atoms with E-state index in [0.717, 1.165) is 16.9 Å². The molecule has 0 spiro atoms. The molecule has 0 aliphatic heterocycles. The summed E-state index contributed by atoms with van der Waals surface area (Å²) in [5.74, 6) is -0.128. The maximum Gasteiger partial charge on any atom is 0.263 e. The zero-order valence-corrected chi connectivity index (χ0v) is 19.1. The molecule has 2 aromatic heterocycles. The van der Waals surface area contributed by atoms with Crippen LogP contribution >= 0.6 is 11.3 Å². The molecule has 4 aromatic rings. The molecule has 1 N–H and O–H groups in total. The second-order valence-corrected chi connectivity index (χ2v) is 8.74. The first kappa shape index (κ1) is 20.9. The number of hydrogen-bond acceptors (Lipinski definition) is 5. The molecule has 0 unspecified atom stereocenters. The van der Waals surface area contributed by atoms with Gasteiger partial charge in [-0.2, -0.15) is 0 Å². The topological polar surface area (TPSA) is 72.7 Å². The van der Waals surface area contributed by atoms with Crippen molar-refractivity contribution in [2.45, 2.75) is 40.7 Å². The van der Waals surface area contributed by atoms with Gasteiger partial charge in [0.1, 0.15) is 15.6 Å². The molecule has 158 valence electrons. The quantitative estimate of drug-likeness (QED) is 0.476. The average molecular weight is 432 g/mol. The third kappa shape index (κ3) is 4.14. The van der Waals surface area contributed by atoms with Crippen molar-refractivity contribution in [3.05, 3.63) is 81.5 Å². The van der Waals surface area contributed by atoms with E-state index in [2.05, 4.69) is 46.6 Å². The summed E-state index contributed by atoms with van der Waals surface area (Å²) in [6.45, 7) is 9.97. The number of aryl methyl sites for hydroxylation is 3. The Hall–Kier alpha value is -3.32. The van der Waals surface area contributed by atoms with Gasteiger partial charge in [-0.25, -0.2) is 9.67 Å². The van der Waals surface area contributed by atoms with Crippen molar-refractivity contribution in [1.29, 1.82) is 0 Å². The first-order chi connectivity index (χ1) is 14.8. The largest absolute Gasteiger partial charge is 0.345 e. The maximum atomic E-state index is 12.9. The molecule has 2 heterocycles. The molecule has 0 saturated heterocycles. The number of nitrogens with one attached hydrogen (secondary N) is 1. The van der Waals surface area contributed by atoms with Crippen LogP contribution in [0.3, 0.4) is 0 Å². The van der Waals surface area contributed by atoms with Gasteiger partial charge in [0.25, 0.3) is 5.91 Å². The highest BCUT2D eigenvalue weighted by Gasteiger charge is 2.22. The van der Waals surface area contributed by atoms with Gasteiger partial charge in [-0.3, -0.25) is 4.79 Å². The summed E-state index contributed by atoms with van der Waals surface area (Å²) in [4.78, 5) is 18.1. The van der Waals surface area contributed by atoms with Crippen molar-refractivity contribution >= 4 is 17.2 Å². The summed E-state index contributed by atoms with van der Waals surface area (Å²) in [5.41, 5.74) is 6.73. The number of benzene rings is 2. The van der Waals surface area contributed by atoms with E-state index in [1.807, 2.05) is 61.9 Å². The highest BCUT2D eigenvalue weighted by molar-refractivity contribution is 7.17. The van der Waals surface area contributed by atoms with Crippen molar-refractivity contribution in [2.24, 2.45) is 0 Å². The van der Waals surface area contributed by atoms with E-state index in [1.54, 1.807) is 0 Å². The van der Waals surface area contributed by atoms with Gasteiger partial charge in [-0.1, -0.05) is 41.6 Å². The summed E-state index contributed by atoms with van der Waals surface area (Å²) in [5, 5.41) is 12.5. The minimum Gasteiger partial charge on any atom is -0.345 e. The number of nitrogens with zero attached hydrogens (tertiary/aromatic N) is 4. The molecule has 4 rings (SSSR count). The Morgan fingerprint density at radius 2 is 1.77 bits per heavy atom. The smallest absolute Gasteiger partial charge is 0.263 e. The maximum absolute atomic E-state index is 12.9. The van der Waals surface area contributed by atoms with Crippen molar-refractivity contribution < 1.29 is 4.79 Å². The molecule has 6 nitrogen and oxygen atoms in total. The van der Waals surface area contributed by atoms with E-state index in [1.165, 1.54) is 22.5 Å². The van der Waals surface area contributed by atoms with E-state index in [9.17, 15) is 4.79 Å². The van der Waals surface area contributed by atoms with E-state index < -0.39 is 0 Å².